The van der Waals surface area contributed by atoms with Crippen molar-refractivity contribution in [2.45, 2.75) is 19.3 Å². The van der Waals surface area contributed by atoms with Gasteiger partial charge < -0.3 is 9.13 Å². The van der Waals surface area contributed by atoms with Gasteiger partial charge in [-0.15, -0.1) is 0 Å². The first kappa shape index (κ1) is 26.4. The summed E-state index contributed by atoms with van der Waals surface area (Å²) in [6, 6.07) is 58.0. The number of rotatable bonds is 3. The third-order valence-corrected chi connectivity index (χ3v) is 10.5. The number of para-hydroxylation sites is 4. The van der Waals surface area contributed by atoms with Crippen molar-refractivity contribution in [3.05, 3.63) is 169 Å². The van der Waals surface area contributed by atoms with E-state index in [4.69, 9.17) is 0 Å². The molecule has 0 atom stereocenters. The van der Waals surface area contributed by atoms with Crippen molar-refractivity contribution in [2.24, 2.45) is 0 Å². The van der Waals surface area contributed by atoms with Gasteiger partial charge >= 0.3 is 0 Å². The highest BCUT2D eigenvalue weighted by Gasteiger charge is 2.37. The Morgan fingerprint density at radius 2 is 0.851 bits per heavy atom. The van der Waals surface area contributed by atoms with Gasteiger partial charge in [0.15, 0.2) is 0 Å². The minimum atomic E-state index is -0.127. The zero-order chi connectivity index (χ0) is 31.3. The van der Waals surface area contributed by atoms with Crippen LogP contribution in [0.2, 0.25) is 0 Å². The average molecular weight is 601 g/mol. The van der Waals surface area contributed by atoms with Crippen LogP contribution in [0.3, 0.4) is 0 Å². The number of nitrogens with zero attached hydrogens (tertiary/aromatic N) is 2. The molecule has 0 N–H and O–H groups in total. The molecule has 2 aromatic heterocycles. The second-order valence-electron chi connectivity index (χ2n) is 13.4. The van der Waals surface area contributed by atoms with Gasteiger partial charge in [0.2, 0.25) is 0 Å². The van der Waals surface area contributed by atoms with E-state index < -0.39 is 0 Å². The smallest absolute Gasteiger partial charge is 0.0541 e. The molecule has 222 valence electrons. The van der Waals surface area contributed by atoms with Crippen molar-refractivity contribution >= 4 is 43.6 Å². The highest BCUT2D eigenvalue weighted by atomic mass is 15.0. The van der Waals surface area contributed by atoms with E-state index in [2.05, 4.69) is 181 Å². The fourth-order valence-electron chi connectivity index (χ4n) is 8.35. The molecule has 0 fully saturated rings. The Balaban J connectivity index is 1.12. The third-order valence-electron chi connectivity index (χ3n) is 10.5. The maximum atomic E-state index is 2.43. The van der Waals surface area contributed by atoms with Gasteiger partial charge in [-0.3, -0.25) is 0 Å². The zero-order valence-electron chi connectivity index (χ0n) is 26.4. The lowest BCUT2D eigenvalue weighted by Crippen LogP contribution is -2.15. The van der Waals surface area contributed by atoms with E-state index in [0.717, 1.165) is 0 Å². The van der Waals surface area contributed by atoms with Gasteiger partial charge in [0.1, 0.15) is 0 Å². The summed E-state index contributed by atoms with van der Waals surface area (Å²) in [5.74, 6) is 0. The maximum absolute atomic E-state index is 2.43. The molecule has 2 heterocycles. The Labute approximate surface area is 273 Å². The van der Waals surface area contributed by atoms with E-state index in [1.807, 2.05) is 0 Å². The van der Waals surface area contributed by atoms with Gasteiger partial charge in [-0.05, 0) is 81.9 Å². The Kier molecular flexibility index (Phi) is 5.37. The van der Waals surface area contributed by atoms with Crippen LogP contribution in [0, 0.1) is 0 Å². The highest BCUT2D eigenvalue weighted by molar-refractivity contribution is 6.10. The van der Waals surface area contributed by atoms with Crippen molar-refractivity contribution in [1.29, 1.82) is 0 Å². The Morgan fingerprint density at radius 1 is 0.383 bits per heavy atom. The van der Waals surface area contributed by atoms with Gasteiger partial charge in [-0.2, -0.15) is 0 Å². The fourth-order valence-corrected chi connectivity index (χ4v) is 8.35. The van der Waals surface area contributed by atoms with E-state index in [-0.39, 0.29) is 5.41 Å². The lowest BCUT2D eigenvalue weighted by molar-refractivity contribution is 0.660. The van der Waals surface area contributed by atoms with Crippen LogP contribution in [0.4, 0.5) is 0 Å². The van der Waals surface area contributed by atoms with Crippen molar-refractivity contribution in [2.75, 3.05) is 0 Å². The zero-order valence-corrected chi connectivity index (χ0v) is 26.4. The van der Waals surface area contributed by atoms with Crippen LogP contribution in [-0.4, -0.2) is 9.13 Å². The van der Waals surface area contributed by atoms with Crippen molar-refractivity contribution in [3.63, 3.8) is 0 Å². The first-order valence-electron chi connectivity index (χ1n) is 16.5. The van der Waals surface area contributed by atoms with Crippen LogP contribution >= 0.6 is 0 Å². The molecular weight excluding hydrogens is 569 g/mol. The molecule has 2 nitrogen and oxygen atoms in total. The van der Waals surface area contributed by atoms with E-state index in [1.165, 1.54) is 88.4 Å². The topological polar surface area (TPSA) is 9.86 Å². The molecule has 0 spiro atoms. The van der Waals surface area contributed by atoms with Crippen LogP contribution in [0.15, 0.2) is 158 Å². The summed E-state index contributed by atoms with van der Waals surface area (Å²) in [6.45, 7) is 4.75. The molecule has 0 amide bonds. The van der Waals surface area contributed by atoms with E-state index in [9.17, 15) is 0 Å². The maximum Gasteiger partial charge on any atom is 0.0541 e. The second kappa shape index (κ2) is 9.57. The Morgan fingerprint density at radius 3 is 1.38 bits per heavy atom. The van der Waals surface area contributed by atoms with Crippen molar-refractivity contribution in [3.8, 4) is 33.6 Å². The van der Waals surface area contributed by atoms with Crippen LogP contribution < -0.4 is 0 Å². The molecular formula is C45H32N2. The van der Waals surface area contributed by atoms with Gasteiger partial charge in [0, 0.05) is 38.3 Å². The van der Waals surface area contributed by atoms with E-state index in [0.29, 0.717) is 0 Å². The number of benzene rings is 7. The lowest BCUT2D eigenvalue weighted by atomic mass is 9.82. The molecule has 10 rings (SSSR count). The SMILES string of the molecule is CC1(C)c2cc(-n3c4ccccc4c4ccccc43)ccc2-c2c(-c3ccc(-n4c5ccccc5c5ccccc54)cc3)cccc21. The molecule has 0 aliphatic heterocycles. The quantitative estimate of drug-likeness (QED) is 0.191. The van der Waals surface area contributed by atoms with E-state index in [1.54, 1.807) is 0 Å². The third kappa shape index (κ3) is 3.61. The molecule has 0 bridgehead atoms. The summed E-state index contributed by atoms with van der Waals surface area (Å²) >= 11 is 0. The summed E-state index contributed by atoms with van der Waals surface area (Å²) in [5.41, 5.74) is 15.2. The first-order chi connectivity index (χ1) is 23.1. The van der Waals surface area contributed by atoms with E-state index >= 15 is 0 Å². The molecule has 1 aliphatic rings. The predicted octanol–water partition coefficient (Wildman–Crippen LogP) is 11.9. The summed E-state index contributed by atoms with van der Waals surface area (Å²) in [7, 11) is 0. The number of aromatic nitrogens is 2. The summed E-state index contributed by atoms with van der Waals surface area (Å²) in [6.07, 6.45) is 0. The lowest BCUT2D eigenvalue weighted by Gasteiger charge is -2.22. The second-order valence-corrected chi connectivity index (χ2v) is 13.4. The Bertz CT molecular complexity index is 2590. The molecule has 0 saturated heterocycles. The predicted molar refractivity (Wildman–Crippen MR) is 198 cm³/mol. The molecule has 9 aromatic rings. The van der Waals surface area contributed by atoms with Gasteiger partial charge in [-0.1, -0.05) is 123 Å². The highest BCUT2D eigenvalue weighted by Crippen LogP contribution is 2.53. The summed E-state index contributed by atoms with van der Waals surface area (Å²) in [5, 5.41) is 5.15. The summed E-state index contributed by atoms with van der Waals surface area (Å²) in [4.78, 5) is 0. The van der Waals surface area contributed by atoms with Crippen LogP contribution in [0.25, 0.3) is 77.2 Å². The van der Waals surface area contributed by atoms with Crippen LogP contribution in [-0.2, 0) is 5.41 Å². The van der Waals surface area contributed by atoms with Crippen LogP contribution in [0.5, 0.6) is 0 Å². The van der Waals surface area contributed by atoms with Gasteiger partial charge in [0.25, 0.3) is 0 Å². The van der Waals surface area contributed by atoms with Gasteiger partial charge in [-0.25, -0.2) is 0 Å². The number of fused-ring (bicyclic) bond motifs is 9. The Hall–Kier alpha value is -5.86. The van der Waals surface area contributed by atoms with Crippen molar-refractivity contribution < 1.29 is 0 Å². The molecule has 0 unspecified atom stereocenters. The summed E-state index contributed by atoms with van der Waals surface area (Å²) < 4.78 is 4.82. The van der Waals surface area contributed by atoms with Gasteiger partial charge in [0.05, 0.1) is 22.1 Å². The molecule has 7 aromatic carbocycles. The molecule has 0 radical (unpaired) electrons. The van der Waals surface area contributed by atoms with Crippen LogP contribution in [0.1, 0.15) is 25.0 Å². The molecule has 1 aliphatic carbocycles. The number of hydrogen-bond donors (Lipinski definition) is 0. The monoisotopic (exact) mass is 600 g/mol. The molecule has 0 saturated carbocycles. The normalized spacial score (nSPS) is 13.5. The average Bonchev–Trinajstić information content (AvgIpc) is 3.72. The molecule has 2 heteroatoms. The standard InChI is InChI=1S/C45H32N2/c1-45(2)38-17-11-16-32(29-22-24-30(25-23-29)46-40-18-7-3-12-33(40)34-13-4-8-19-41(34)46)44(38)37-27-26-31(28-39(37)45)47-42-20-9-5-14-35(42)36-15-6-10-21-43(36)47/h3-28H,1-2H3. The minimum absolute atomic E-state index is 0.127. The number of hydrogen-bond acceptors (Lipinski definition) is 0. The van der Waals surface area contributed by atoms with Crippen molar-refractivity contribution in [1.82, 2.24) is 9.13 Å². The fraction of sp³-hybridized carbons (Fsp3) is 0.0667. The first-order valence-corrected chi connectivity index (χ1v) is 16.5. The largest absolute Gasteiger partial charge is 0.309 e. The minimum Gasteiger partial charge on any atom is -0.309 e. The molecule has 47 heavy (non-hydrogen) atoms.